The molecule has 4 aromatic heterocycles. The van der Waals surface area contributed by atoms with Crippen molar-refractivity contribution < 1.29 is 0 Å². The Hall–Kier alpha value is -6.73. The lowest BCUT2D eigenvalue weighted by atomic mass is 9.91. The highest BCUT2D eigenvalue weighted by atomic mass is 32.1. The molecule has 0 aliphatic rings. The van der Waals surface area contributed by atoms with Crippen LogP contribution >= 0.6 is 22.7 Å². The van der Waals surface area contributed by atoms with Crippen LogP contribution in [0.3, 0.4) is 0 Å². The van der Waals surface area contributed by atoms with Gasteiger partial charge >= 0.3 is 0 Å². The van der Waals surface area contributed by atoms with E-state index >= 15 is 0 Å². The SMILES string of the molecule is c1ccc2c(c1)cc1c3c2c2ccccc2c2cccc(c23)n1-c1nc(-c2ccc3c(c2)sc2ccccc23)nc(-c2ccc3c(c2)sc2ccccc23)n1. The Morgan fingerprint density at radius 3 is 1.55 bits per heavy atom. The van der Waals surface area contributed by atoms with Crippen molar-refractivity contribution in [1.82, 2.24) is 19.5 Å². The summed E-state index contributed by atoms with van der Waals surface area (Å²) in [5.41, 5.74) is 4.11. The first-order valence-corrected chi connectivity index (χ1v) is 20.1. The van der Waals surface area contributed by atoms with Crippen molar-refractivity contribution in [3.8, 4) is 28.7 Å². The molecule has 13 aromatic rings. The van der Waals surface area contributed by atoms with Crippen LogP contribution in [0.5, 0.6) is 0 Å². The minimum absolute atomic E-state index is 0.609. The molecule has 0 saturated carbocycles. The van der Waals surface area contributed by atoms with Crippen LogP contribution in [0.2, 0.25) is 0 Å². The molecule has 0 N–H and O–H groups in total. The lowest BCUT2D eigenvalue weighted by Gasteiger charge is -2.12. The van der Waals surface area contributed by atoms with Crippen LogP contribution in [-0.2, 0) is 0 Å². The van der Waals surface area contributed by atoms with Gasteiger partial charge in [-0.1, -0.05) is 121 Å². The number of hydrogen-bond donors (Lipinski definition) is 0. The minimum atomic E-state index is 0.609. The van der Waals surface area contributed by atoms with Crippen molar-refractivity contribution >= 4 is 117 Å². The smallest absolute Gasteiger partial charge is 0.238 e. The third-order valence-electron chi connectivity index (χ3n) is 11.4. The molecule has 0 radical (unpaired) electrons. The number of hydrogen-bond acceptors (Lipinski definition) is 5. The first-order valence-electron chi connectivity index (χ1n) is 18.4. The molecule has 0 unspecified atom stereocenters. The van der Waals surface area contributed by atoms with Gasteiger partial charge in [0.05, 0.1) is 11.0 Å². The minimum Gasteiger partial charge on any atom is -0.278 e. The fraction of sp³-hybridized carbons (Fsp3) is 0. The van der Waals surface area contributed by atoms with Gasteiger partial charge in [-0.2, -0.15) is 9.97 Å². The molecule has 6 heteroatoms. The molecule has 0 aliphatic heterocycles. The number of benzene rings is 9. The van der Waals surface area contributed by atoms with Crippen LogP contribution in [-0.4, -0.2) is 19.5 Å². The second-order valence-electron chi connectivity index (χ2n) is 14.3. The molecule has 4 heterocycles. The quantitative estimate of drug-likeness (QED) is 0.170. The lowest BCUT2D eigenvalue weighted by molar-refractivity contribution is 0.954. The number of thiophene rings is 2. The van der Waals surface area contributed by atoms with Gasteiger partial charge in [0.25, 0.3) is 0 Å². The number of nitrogens with zero attached hydrogens (tertiary/aromatic N) is 4. The van der Waals surface area contributed by atoms with Crippen LogP contribution in [0.1, 0.15) is 0 Å². The highest BCUT2D eigenvalue weighted by Gasteiger charge is 2.24. The lowest BCUT2D eigenvalue weighted by Crippen LogP contribution is -2.06. The van der Waals surface area contributed by atoms with E-state index in [2.05, 4.69) is 162 Å². The van der Waals surface area contributed by atoms with E-state index in [9.17, 15) is 0 Å². The summed E-state index contributed by atoms with van der Waals surface area (Å²) in [6.45, 7) is 0. The molecule has 0 amide bonds. The Bertz CT molecular complexity index is 3600. The Labute approximate surface area is 321 Å². The van der Waals surface area contributed by atoms with Crippen LogP contribution in [0, 0.1) is 0 Å². The zero-order valence-corrected chi connectivity index (χ0v) is 30.7. The average molecular weight is 735 g/mol. The Balaban J connectivity index is 1.14. The van der Waals surface area contributed by atoms with E-state index in [4.69, 9.17) is 15.0 Å². The topological polar surface area (TPSA) is 43.6 Å². The summed E-state index contributed by atoms with van der Waals surface area (Å²) in [7, 11) is 0. The summed E-state index contributed by atoms with van der Waals surface area (Å²) in [4.78, 5) is 16.0. The summed E-state index contributed by atoms with van der Waals surface area (Å²) in [6.07, 6.45) is 0. The van der Waals surface area contributed by atoms with Crippen LogP contribution < -0.4 is 0 Å². The van der Waals surface area contributed by atoms with Gasteiger partial charge in [0, 0.05) is 67.6 Å². The summed E-state index contributed by atoms with van der Waals surface area (Å²) < 4.78 is 7.27. The van der Waals surface area contributed by atoms with E-state index in [0.29, 0.717) is 17.6 Å². The number of rotatable bonds is 3. The van der Waals surface area contributed by atoms with Crippen molar-refractivity contribution in [3.05, 3.63) is 158 Å². The standard InChI is InChI=1S/C49H26N4S2/c1-2-11-30-27(10-1)24-39-46-44(30)36-15-4-3-12-31(36)37-16-9-17-38(45(37)46)53(39)49-51-47(28-20-22-34-32-13-5-7-18-40(32)54-42(34)25-28)50-48(52-49)29-21-23-35-33-14-6-8-19-41(33)55-43(35)26-29/h1-26H. The maximum atomic E-state index is 5.39. The maximum Gasteiger partial charge on any atom is 0.238 e. The summed E-state index contributed by atoms with van der Waals surface area (Å²) in [5.74, 6) is 1.92. The molecule has 0 spiro atoms. The van der Waals surface area contributed by atoms with Gasteiger partial charge in [0.2, 0.25) is 5.95 Å². The van der Waals surface area contributed by atoms with Gasteiger partial charge in [-0.25, -0.2) is 4.98 Å². The van der Waals surface area contributed by atoms with Crippen molar-refractivity contribution in [1.29, 1.82) is 0 Å². The Kier molecular flexibility index (Phi) is 5.90. The predicted molar refractivity (Wildman–Crippen MR) is 235 cm³/mol. The highest BCUT2D eigenvalue weighted by molar-refractivity contribution is 7.26. The molecule has 9 aromatic carbocycles. The molecular formula is C49H26N4S2. The normalized spacial score (nSPS) is 12.4. The van der Waals surface area contributed by atoms with Crippen molar-refractivity contribution in [2.24, 2.45) is 0 Å². The van der Waals surface area contributed by atoms with Crippen LogP contribution in [0.25, 0.3) is 123 Å². The molecule has 4 nitrogen and oxygen atoms in total. The first-order chi connectivity index (χ1) is 27.2. The largest absolute Gasteiger partial charge is 0.278 e. The monoisotopic (exact) mass is 734 g/mol. The van der Waals surface area contributed by atoms with Crippen molar-refractivity contribution in [3.63, 3.8) is 0 Å². The molecule has 55 heavy (non-hydrogen) atoms. The van der Waals surface area contributed by atoms with Gasteiger partial charge in [-0.05, 0) is 63.3 Å². The molecule has 0 fully saturated rings. The third kappa shape index (κ3) is 4.12. The fourth-order valence-corrected chi connectivity index (χ4v) is 11.3. The van der Waals surface area contributed by atoms with Crippen LogP contribution in [0.4, 0.5) is 0 Å². The predicted octanol–water partition coefficient (Wildman–Crippen LogP) is 13.9. The molecule has 254 valence electrons. The zero-order chi connectivity index (χ0) is 35.8. The molecule has 0 aliphatic carbocycles. The van der Waals surface area contributed by atoms with Gasteiger partial charge < -0.3 is 0 Å². The Morgan fingerprint density at radius 1 is 0.345 bits per heavy atom. The summed E-state index contributed by atoms with van der Waals surface area (Å²) in [6, 6.07) is 57.1. The molecule has 0 saturated heterocycles. The van der Waals surface area contributed by atoms with Gasteiger partial charge in [-0.15, -0.1) is 22.7 Å². The van der Waals surface area contributed by atoms with E-state index in [1.807, 2.05) is 22.7 Å². The molecule has 13 rings (SSSR count). The second kappa shape index (κ2) is 10.9. The highest BCUT2D eigenvalue weighted by Crippen LogP contribution is 2.46. The van der Waals surface area contributed by atoms with Gasteiger partial charge in [-0.3, -0.25) is 4.57 Å². The Morgan fingerprint density at radius 2 is 0.873 bits per heavy atom. The number of fused-ring (bicyclic) bond motifs is 11. The van der Waals surface area contributed by atoms with Gasteiger partial charge in [0.1, 0.15) is 0 Å². The van der Waals surface area contributed by atoms with E-state index in [0.717, 1.165) is 22.2 Å². The third-order valence-corrected chi connectivity index (χ3v) is 13.7. The van der Waals surface area contributed by atoms with E-state index in [1.165, 1.54) is 83.4 Å². The van der Waals surface area contributed by atoms with Crippen molar-refractivity contribution in [2.45, 2.75) is 0 Å². The van der Waals surface area contributed by atoms with Gasteiger partial charge in [0.15, 0.2) is 11.6 Å². The number of aromatic nitrogens is 4. The van der Waals surface area contributed by atoms with E-state index in [1.54, 1.807) is 0 Å². The van der Waals surface area contributed by atoms with Crippen LogP contribution in [0.15, 0.2) is 158 Å². The van der Waals surface area contributed by atoms with E-state index in [-0.39, 0.29) is 0 Å². The summed E-state index contributed by atoms with van der Waals surface area (Å²) >= 11 is 3.62. The first kappa shape index (κ1) is 29.7. The van der Waals surface area contributed by atoms with E-state index < -0.39 is 0 Å². The molecular weight excluding hydrogens is 709 g/mol. The second-order valence-corrected chi connectivity index (χ2v) is 16.5. The summed E-state index contributed by atoms with van der Waals surface area (Å²) in [5, 5.41) is 15.0. The molecule has 0 atom stereocenters. The van der Waals surface area contributed by atoms with Crippen molar-refractivity contribution in [2.75, 3.05) is 0 Å². The molecule has 0 bridgehead atoms. The fourth-order valence-electron chi connectivity index (χ4n) is 8.99. The average Bonchev–Trinajstić information content (AvgIpc) is 3.91. The zero-order valence-electron chi connectivity index (χ0n) is 29.1. The maximum absolute atomic E-state index is 5.39.